The molecular formula is C14H15NO2S. The van der Waals surface area contributed by atoms with Crippen LogP contribution in [0.25, 0.3) is 0 Å². The summed E-state index contributed by atoms with van der Waals surface area (Å²) in [6.07, 6.45) is 3.48. The number of carbonyl (C=O) groups excluding carboxylic acids is 1. The molecule has 0 spiro atoms. The number of carbonyl (C=O) groups is 1. The molecule has 0 unspecified atom stereocenters. The fraction of sp³-hybridized carbons (Fsp3) is 0.214. The first-order valence-corrected chi connectivity index (χ1v) is 6.44. The number of benzene rings is 1. The van der Waals surface area contributed by atoms with Gasteiger partial charge in [0, 0.05) is 23.6 Å². The average molecular weight is 261 g/mol. The zero-order chi connectivity index (χ0) is 13.1. The standard InChI is InChI=1S/C14H15NO2S/c1-4-7-15-12-9-11(17-3)5-6-13(12)18-14(15)8-10(2)16/h4-6,8-9H,1,7H2,2-3H3. The second kappa shape index (κ2) is 5.31. The molecule has 2 rings (SSSR count). The third-order valence-corrected chi connectivity index (χ3v) is 3.69. The summed E-state index contributed by atoms with van der Waals surface area (Å²) in [5, 5.41) is 0.936. The van der Waals surface area contributed by atoms with Crippen molar-refractivity contribution < 1.29 is 9.53 Å². The van der Waals surface area contributed by atoms with E-state index in [1.807, 2.05) is 24.3 Å². The smallest absolute Gasteiger partial charge is 0.155 e. The number of methoxy groups -OCH3 is 1. The van der Waals surface area contributed by atoms with Crippen LogP contribution in [0.15, 0.2) is 46.9 Å². The van der Waals surface area contributed by atoms with E-state index in [4.69, 9.17) is 4.74 Å². The number of thioether (sulfide) groups is 1. The molecule has 0 N–H and O–H groups in total. The van der Waals surface area contributed by atoms with Crippen LogP contribution in [-0.4, -0.2) is 19.4 Å². The van der Waals surface area contributed by atoms with Crippen LogP contribution < -0.4 is 9.64 Å². The van der Waals surface area contributed by atoms with Gasteiger partial charge < -0.3 is 9.64 Å². The van der Waals surface area contributed by atoms with Crippen LogP contribution in [0.3, 0.4) is 0 Å². The molecule has 0 fully saturated rings. The molecular weight excluding hydrogens is 246 g/mol. The van der Waals surface area contributed by atoms with Crippen molar-refractivity contribution in [2.24, 2.45) is 0 Å². The van der Waals surface area contributed by atoms with Crippen LogP contribution in [0.1, 0.15) is 6.92 Å². The second-order valence-corrected chi connectivity index (χ2v) is 4.99. The lowest BCUT2D eigenvalue weighted by molar-refractivity contribution is -0.112. The molecule has 94 valence electrons. The van der Waals surface area contributed by atoms with Crippen molar-refractivity contribution in [3.8, 4) is 5.75 Å². The zero-order valence-corrected chi connectivity index (χ0v) is 11.3. The molecule has 4 heteroatoms. The number of ketones is 1. The summed E-state index contributed by atoms with van der Waals surface area (Å²) in [7, 11) is 1.65. The van der Waals surface area contributed by atoms with Crippen molar-refractivity contribution in [2.45, 2.75) is 11.8 Å². The Kier molecular flexibility index (Phi) is 3.77. The van der Waals surface area contributed by atoms with Crippen molar-refractivity contribution in [2.75, 3.05) is 18.6 Å². The highest BCUT2D eigenvalue weighted by Crippen LogP contribution is 2.47. The van der Waals surface area contributed by atoms with Gasteiger partial charge in [-0.15, -0.1) is 6.58 Å². The molecule has 0 aliphatic carbocycles. The summed E-state index contributed by atoms with van der Waals surface area (Å²) in [5.41, 5.74) is 1.06. The van der Waals surface area contributed by atoms with E-state index in [2.05, 4.69) is 11.5 Å². The van der Waals surface area contributed by atoms with Crippen LogP contribution in [0, 0.1) is 0 Å². The summed E-state index contributed by atoms with van der Waals surface area (Å²) in [4.78, 5) is 14.5. The van der Waals surface area contributed by atoms with Gasteiger partial charge in [-0.05, 0) is 19.1 Å². The predicted molar refractivity (Wildman–Crippen MR) is 75.2 cm³/mol. The molecule has 0 aromatic heterocycles. The third-order valence-electron chi connectivity index (χ3n) is 2.58. The molecule has 1 aromatic rings. The van der Waals surface area contributed by atoms with E-state index in [0.717, 1.165) is 21.4 Å². The van der Waals surface area contributed by atoms with E-state index < -0.39 is 0 Å². The summed E-state index contributed by atoms with van der Waals surface area (Å²) in [6, 6.07) is 5.91. The molecule has 1 aliphatic heterocycles. The van der Waals surface area contributed by atoms with Gasteiger partial charge in [-0.3, -0.25) is 4.79 Å². The number of fused-ring (bicyclic) bond motifs is 1. The van der Waals surface area contributed by atoms with Crippen molar-refractivity contribution in [1.82, 2.24) is 0 Å². The van der Waals surface area contributed by atoms with Crippen LogP contribution in [0.2, 0.25) is 0 Å². The number of ether oxygens (including phenoxy) is 1. The minimum atomic E-state index is 0.0475. The maximum Gasteiger partial charge on any atom is 0.155 e. The quantitative estimate of drug-likeness (QED) is 0.615. The topological polar surface area (TPSA) is 29.5 Å². The van der Waals surface area contributed by atoms with Gasteiger partial charge in [0.15, 0.2) is 5.78 Å². The van der Waals surface area contributed by atoms with Gasteiger partial charge in [-0.2, -0.15) is 0 Å². The fourth-order valence-electron chi connectivity index (χ4n) is 1.81. The lowest BCUT2D eigenvalue weighted by Crippen LogP contribution is -2.17. The van der Waals surface area contributed by atoms with Crippen LogP contribution in [-0.2, 0) is 4.79 Å². The van der Waals surface area contributed by atoms with Gasteiger partial charge in [0.1, 0.15) is 5.75 Å². The molecule has 18 heavy (non-hydrogen) atoms. The van der Waals surface area contributed by atoms with Crippen LogP contribution in [0.4, 0.5) is 5.69 Å². The van der Waals surface area contributed by atoms with E-state index in [-0.39, 0.29) is 5.78 Å². The van der Waals surface area contributed by atoms with Gasteiger partial charge >= 0.3 is 0 Å². The van der Waals surface area contributed by atoms with Gasteiger partial charge in [0.25, 0.3) is 0 Å². The Balaban J connectivity index is 2.43. The first-order chi connectivity index (χ1) is 8.65. The largest absolute Gasteiger partial charge is 0.497 e. The molecule has 1 aromatic carbocycles. The number of nitrogens with zero attached hydrogens (tertiary/aromatic N) is 1. The molecule has 0 radical (unpaired) electrons. The van der Waals surface area contributed by atoms with Crippen LogP contribution >= 0.6 is 11.8 Å². The van der Waals surface area contributed by atoms with Crippen molar-refractivity contribution in [3.63, 3.8) is 0 Å². The van der Waals surface area contributed by atoms with Gasteiger partial charge in [0.2, 0.25) is 0 Å². The van der Waals surface area contributed by atoms with E-state index in [1.54, 1.807) is 31.9 Å². The van der Waals surface area contributed by atoms with E-state index in [9.17, 15) is 4.79 Å². The van der Waals surface area contributed by atoms with E-state index >= 15 is 0 Å². The number of allylic oxidation sites excluding steroid dienone is 1. The Morgan fingerprint density at radius 3 is 2.94 bits per heavy atom. The highest BCUT2D eigenvalue weighted by atomic mass is 32.2. The van der Waals surface area contributed by atoms with Crippen LogP contribution in [0.5, 0.6) is 5.75 Å². The highest BCUT2D eigenvalue weighted by Gasteiger charge is 2.25. The minimum absolute atomic E-state index is 0.0475. The normalized spacial score (nSPS) is 15.7. The summed E-state index contributed by atoms with van der Waals surface area (Å²) >= 11 is 1.59. The Bertz CT molecular complexity index is 523. The highest BCUT2D eigenvalue weighted by molar-refractivity contribution is 8.03. The Morgan fingerprint density at radius 2 is 2.33 bits per heavy atom. The second-order valence-electron chi connectivity index (χ2n) is 3.93. The monoisotopic (exact) mass is 261 g/mol. The molecule has 0 bridgehead atoms. The van der Waals surface area contributed by atoms with Gasteiger partial charge in [-0.1, -0.05) is 17.8 Å². The predicted octanol–water partition coefficient (Wildman–Crippen LogP) is 3.22. The summed E-state index contributed by atoms with van der Waals surface area (Å²) in [5.74, 6) is 0.860. The van der Waals surface area contributed by atoms with E-state index in [0.29, 0.717) is 6.54 Å². The summed E-state index contributed by atoms with van der Waals surface area (Å²) in [6.45, 7) is 5.99. The fourth-order valence-corrected chi connectivity index (χ4v) is 2.95. The van der Waals surface area contributed by atoms with E-state index in [1.165, 1.54) is 0 Å². The Hall–Kier alpha value is -1.68. The molecule has 1 aliphatic rings. The number of hydrogen-bond acceptors (Lipinski definition) is 4. The first-order valence-electron chi connectivity index (χ1n) is 5.62. The molecule has 0 saturated heterocycles. The minimum Gasteiger partial charge on any atom is -0.497 e. The zero-order valence-electron chi connectivity index (χ0n) is 10.5. The SMILES string of the molecule is C=CCN1C(=CC(C)=O)Sc2ccc(OC)cc21. The number of anilines is 1. The summed E-state index contributed by atoms with van der Waals surface area (Å²) < 4.78 is 5.23. The van der Waals surface area contributed by atoms with Gasteiger partial charge in [-0.25, -0.2) is 0 Å². The lowest BCUT2D eigenvalue weighted by Gasteiger charge is -2.18. The molecule has 3 nitrogen and oxygen atoms in total. The molecule has 1 heterocycles. The molecule has 0 amide bonds. The Morgan fingerprint density at radius 1 is 1.56 bits per heavy atom. The van der Waals surface area contributed by atoms with Crippen molar-refractivity contribution in [1.29, 1.82) is 0 Å². The average Bonchev–Trinajstić information content (AvgIpc) is 2.66. The Labute approximate surface area is 111 Å². The molecule has 0 saturated carbocycles. The maximum absolute atomic E-state index is 11.3. The molecule has 0 atom stereocenters. The van der Waals surface area contributed by atoms with Crippen molar-refractivity contribution >= 4 is 23.2 Å². The number of hydrogen-bond donors (Lipinski definition) is 0. The lowest BCUT2D eigenvalue weighted by atomic mass is 10.2. The number of rotatable bonds is 4. The third kappa shape index (κ3) is 2.43. The maximum atomic E-state index is 11.3. The first kappa shape index (κ1) is 12.8. The van der Waals surface area contributed by atoms with Crippen molar-refractivity contribution in [3.05, 3.63) is 42.0 Å². The van der Waals surface area contributed by atoms with Gasteiger partial charge in [0.05, 0.1) is 17.8 Å².